The zero-order valence-corrected chi connectivity index (χ0v) is 14.0. The molecular weight excluding hydrogens is 300 g/mol. The third-order valence-electron chi connectivity index (χ3n) is 3.51. The summed E-state index contributed by atoms with van der Waals surface area (Å²) < 4.78 is 0. The first-order chi connectivity index (χ1) is 10.7. The molecule has 4 N–H and O–H groups in total. The molecule has 1 aromatic rings. The normalized spacial score (nSPS) is 14.1. The number of hydrogen-bond donors (Lipinski definition) is 4. The molecule has 0 aliphatic carbocycles. The number of H-pyrrole nitrogens is 1. The number of nitrogens with zero attached hydrogens (tertiary/aromatic N) is 2. The molecule has 0 aliphatic rings. The van der Waals surface area contributed by atoms with Gasteiger partial charge in [0, 0.05) is 11.6 Å². The van der Waals surface area contributed by atoms with Crippen molar-refractivity contribution in [2.75, 3.05) is 5.32 Å². The van der Waals surface area contributed by atoms with Crippen molar-refractivity contribution < 1.29 is 19.8 Å². The molecule has 1 rings (SSSR count). The lowest BCUT2D eigenvalue weighted by Crippen LogP contribution is -2.57. The van der Waals surface area contributed by atoms with Crippen LogP contribution in [-0.4, -0.2) is 55.0 Å². The fourth-order valence-electron chi connectivity index (χ4n) is 2.47. The number of nitrogens with one attached hydrogen (secondary N) is 2. The van der Waals surface area contributed by atoms with Gasteiger partial charge in [-0.05, 0) is 27.2 Å². The molecule has 1 heterocycles. The highest BCUT2D eigenvalue weighted by Crippen LogP contribution is 2.24. The number of aliphatic hydroxyl groups excluding tert-OH is 1. The van der Waals surface area contributed by atoms with Crippen LogP contribution in [0.2, 0.25) is 0 Å². The summed E-state index contributed by atoms with van der Waals surface area (Å²) in [7, 11) is 0. The van der Waals surface area contributed by atoms with E-state index in [1.807, 2.05) is 6.92 Å². The quantitative estimate of drug-likeness (QED) is 0.611. The third-order valence-corrected chi connectivity index (χ3v) is 3.51. The summed E-state index contributed by atoms with van der Waals surface area (Å²) in [5.74, 6) is -0.313. The Morgan fingerprint density at radius 2 is 2.09 bits per heavy atom. The molecule has 0 bridgehead atoms. The number of amides is 2. The Morgan fingerprint density at radius 1 is 1.43 bits per heavy atom. The largest absolute Gasteiger partial charge is 0.465 e. The smallest absolute Gasteiger partial charge is 0.408 e. The molecule has 2 atom stereocenters. The molecule has 2 amide bonds. The van der Waals surface area contributed by atoms with Crippen molar-refractivity contribution in [1.29, 1.82) is 0 Å². The molecule has 1 aromatic heterocycles. The van der Waals surface area contributed by atoms with Crippen LogP contribution in [0, 0.1) is 0 Å². The molecule has 0 aromatic carbocycles. The molecule has 130 valence electrons. The van der Waals surface area contributed by atoms with Gasteiger partial charge in [-0.2, -0.15) is 5.10 Å². The maximum Gasteiger partial charge on any atom is 0.408 e. The van der Waals surface area contributed by atoms with Crippen LogP contribution in [0.4, 0.5) is 10.6 Å². The van der Waals surface area contributed by atoms with Crippen LogP contribution in [0.25, 0.3) is 0 Å². The number of aromatic amines is 1. The SMILES string of the molecule is CCCC[C@@H]([C@@H](O)C(=O)Nc1ccn[nH]1)N(C(=O)O)C(C)(C)C. The van der Waals surface area contributed by atoms with Crippen molar-refractivity contribution >= 4 is 17.8 Å². The van der Waals surface area contributed by atoms with Crippen LogP contribution in [0.1, 0.15) is 47.0 Å². The van der Waals surface area contributed by atoms with E-state index in [2.05, 4.69) is 15.5 Å². The first kappa shape index (κ1) is 19.0. The average Bonchev–Trinajstić information content (AvgIpc) is 2.93. The molecule has 8 heteroatoms. The van der Waals surface area contributed by atoms with Gasteiger partial charge in [0.15, 0.2) is 6.10 Å². The molecule has 0 radical (unpaired) electrons. The van der Waals surface area contributed by atoms with Gasteiger partial charge in [0.05, 0.1) is 12.2 Å². The summed E-state index contributed by atoms with van der Waals surface area (Å²) in [6, 6.07) is 0.722. The second kappa shape index (κ2) is 7.96. The minimum Gasteiger partial charge on any atom is -0.465 e. The van der Waals surface area contributed by atoms with E-state index in [0.717, 1.165) is 11.3 Å². The van der Waals surface area contributed by atoms with Crippen molar-refractivity contribution in [3.63, 3.8) is 0 Å². The monoisotopic (exact) mass is 326 g/mol. The summed E-state index contributed by atoms with van der Waals surface area (Å²) >= 11 is 0. The zero-order valence-electron chi connectivity index (χ0n) is 14.0. The highest BCUT2D eigenvalue weighted by Gasteiger charge is 2.39. The van der Waals surface area contributed by atoms with Crippen LogP contribution in [0.15, 0.2) is 12.3 Å². The van der Waals surface area contributed by atoms with Crippen molar-refractivity contribution in [2.45, 2.75) is 64.6 Å². The maximum absolute atomic E-state index is 12.2. The van der Waals surface area contributed by atoms with Crippen LogP contribution >= 0.6 is 0 Å². The van der Waals surface area contributed by atoms with Crippen molar-refractivity contribution in [3.8, 4) is 0 Å². The number of carboxylic acid groups (broad SMARTS) is 1. The fourth-order valence-corrected chi connectivity index (χ4v) is 2.47. The van der Waals surface area contributed by atoms with Gasteiger partial charge in [0.1, 0.15) is 5.82 Å². The zero-order chi connectivity index (χ0) is 17.6. The van der Waals surface area contributed by atoms with Crippen molar-refractivity contribution in [1.82, 2.24) is 15.1 Å². The summed E-state index contributed by atoms with van der Waals surface area (Å²) in [6.07, 6.45) is 0.779. The van der Waals surface area contributed by atoms with E-state index in [0.29, 0.717) is 18.7 Å². The number of carbonyl (C=O) groups is 2. The Labute approximate surface area is 135 Å². The Balaban J connectivity index is 2.98. The Hall–Kier alpha value is -2.09. The third kappa shape index (κ3) is 5.24. The van der Waals surface area contributed by atoms with Gasteiger partial charge < -0.3 is 15.5 Å². The van der Waals surface area contributed by atoms with E-state index in [1.165, 1.54) is 6.20 Å². The molecule has 0 saturated heterocycles. The number of aliphatic hydroxyl groups is 1. The minimum atomic E-state index is -1.47. The molecule has 8 nitrogen and oxygen atoms in total. The van der Waals surface area contributed by atoms with E-state index in [1.54, 1.807) is 26.8 Å². The predicted molar refractivity (Wildman–Crippen MR) is 86.2 cm³/mol. The fraction of sp³-hybridized carbons (Fsp3) is 0.667. The first-order valence-corrected chi connectivity index (χ1v) is 7.69. The number of hydrogen-bond acceptors (Lipinski definition) is 4. The lowest BCUT2D eigenvalue weighted by Gasteiger charge is -2.41. The molecular formula is C15H26N4O4. The second-order valence-electron chi connectivity index (χ2n) is 6.44. The summed E-state index contributed by atoms with van der Waals surface area (Å²) in [5, 5.41) is 28.7. The number of carbonyl (C=O) groups excluding carboxylic acids is 1. The van der Waals surface area contributed by atoms with Gasteiger partial charge in [-0.25, -0.2) is 4.79 Å². The van der Waals surface area contributed by atoms with E-state index in [4.69, 9.17) is 0 Å². The topological polar surface area (TPSA) is 119 Å². The van der Waals surface area contributed by atoms with Crippen LogP contribution in [0.5, 0.6) is 0 Å². The van der Waals surface area contributed by atoms with Gasteiger partial charge in [0.25, 0.3) is 5.91 Å². The molecule has 23 heavy (non-hydrogen) atoms. The Bertz CT molecular complexity index is 510. The second-order valence-corrected chi connectivity index (χ2v) is 6.44. The summed E-state index contributed by atoms with van der Waals surface area (Å²) in [6.45, 7) is 7.18. The van der Waals surface area contributed by atoms with Crippen molar-refractivity contribution in [2.24, 2.45) is 0 Å². The molecule has 0 unspecified atom stereocenters. The standard InChI is InChI=1S/C15H26N4O4/c1-5-6-7-10(19(14(22)23)15(2,3)4)12(20)13(21)17-11-8-9-16-18-11/h8-10,12,20H,5-7H2,1-4H3,(H,22,23)(H2,16,17,18,21)/t10-,12+/m0/s1. The number of anilines is 1. The van der Waals surface area contributed by atoms with Gasteiger partial charge in [0.2, 0.25) is 0 Å². The Kier molecular flexibility index (Phi) is 6.56. The molecule has 0 aliphatic heterocycles. The van der Waals surface area contributed by atoms with E-state index in [9.17, 15) is 19.8 Å². The van der Waals surface area contributed by atoms with Gasteiger partial charge in [-0.15, -0.1) is 0 Å². The number of unbranched alkanes of at least 4 members (excludes halogenated alkanes) is 1. The van der Waals surface area contributed by atoms with Gasteiger partial charge in [-0.1, -0.05) is 19.8 Å². The first-order valence-electron chi connectivity index (χ1n) is 7.69. The van der Waals surface area contributed by atoms with E-state index < -0.39 is 29.7 Å². The van der Waals surface area contributed by atoms with Gasteiger partial charge in [-0.3, -0.25) is 14.8 Å². The van der Waals surface area contributed by atoms with Crippen molar-refractivity contribution in [3.05, 3.63) is 12.3 Å². The lowest BCUT2D eigenvalue weighted by molar-refractivity contribution is -0.128. The Morgan fingerprint density at radius 3 is 2.52 bits per heavy atom. The minimum absolute atomic E-state index is 0.348. The summed E-state index contributed by atoms with van der Waals surface area (Å²) in [5.41, 5.74) is -0.737. The van der Waals surface area contributed by atoms with E-state index in [-0.39, 0.29) is 0 Å². The summed E-state index contributed by atoms with van der Waals surface area (Å²) in [4.78, 5) is 25.1. The van der Waals surface area contributed by atoms with Crippen LogP contribution in [-0.2, 0) is 4.79 Å². The lowest BCUT2D eigenvalue weighted by atomic mass is 9.96. The molecule has 0 spiro atoms. The average molecular weight is 326 g/mol. The maximum atomic E-state index is 12.2. The van der Waals surface area contributed by atoms with E-state index >= 15 is 0 Å². The number of aromatic nitrogens is 2. The molecule has 0 saturated carbocycles. The predicted octanol–water partition coefficient (Wildman–Crippen LogP) is 2.05. The highest BCUT2D eigenvalue weighted by molar-refractivity contribution is 5.94. The molecule has 0 fully saturated rings. The highest BCUT2D eigenvalue weighted by atomic mass is 16.4. The van der Waals surface area contributed by atoms with Crippen LogP contribution < -0.4 is 5.32 Å². The van der Waals surface area contributed by atoms with Crippen LogP contribution in [0.3, 0.4) is 0 Å². The van der Waals surface area contributed by atoms with Gasteiger partial charge >= 0.3 is 6.09 Å². The number of rotatable bonds is 7.